The van der Waals surface area contributed by atoms with Crippen LogP contribution in [-0.2, 0) is 22.5 Å². The molecule has 1 atom stereocenters. The number of benzene rings is 1. The van der Waals surface area contributed by atoms with E-state index in [4.69, 9.17) is 4.74 Å². The van der Waals surface area contributed by atoms with Crippen LogP contribution in [0.2, 0.25) is 0 Å². The van der Waals surface area contributed by atoms with Crippen molar-refractivity contribution in [3.63, 3.8) is 0 Å². The summed E-state index contributed by atoms with van der Waals surface area (Å²) in [5, 5.41) is 4.33. The van der Waals surface area contributed by atoms with Crippen molar-refractivity contribution in [2.45, 2.75) is 19.0 Å². The van der Waals surface area contributed by atoms with E-state index in [1.54, 1.807) is 17.7 Å². The van der Waals surface area contributed by atoms with Gasteiger partial charge < -0.3 is 10.1 Å². The first-order chi connectivity index (χ1) is 13.7. The SMILES string of the molecule is C=CCN1CCc2c(sc3ncnc(NC(C(=O)OC)c4ccccc4)c23)C1. The predicted molar refractivity (Wildman–Crippen MR) is 111 cm³/mol. The summed E-state index contributed by atoms with van der Waals surface area (Å²) in [5.41, 5.74) is 2.11. The molecule has 28 heavy (non-hydrogen) atoms. The summed E-state index contributed by atoms with van der Waals surface area (Å²) in [6.45, 7) is 6.58. The maximum atomic E-state index is 12.5. The van der Waals surface area contributed by atoms with Crippen LogP contribution in [-0.4, -0.2) is 41.0 Å². The first-order valence-electron chi connectivity index (χ1n) is 9.19. The fraction of sp³-hybridized carbons (Fsp3) is 0.286. The summed E-state index contributed by atoms with van der Waals surface area (Å²) in [5.74, 6) is 0.332. The lowest BCUT2D eigenvalue weighted by molar-refractivity contribution is -0.141. The standard InChI is InChI=1S/C21H22N4O2S/c1-3-10-25-11-9-15-16(12-25)28-20-17(15)19(22-13-23-20)24-18(21(26)27-2)14-7-5-4-6-8-14/h3-8,13,18H,1,9-12H2,2H3,(H,22,23,24). The van der Waals surface area contributed by atoms with Crippen molar-refractivity contribution in [3.05, 3.63) is 65.3 Å². The third kappa shape index (κ3) is 3.50. The third-order valence-electron chi connectivity index (χ3n) is 4.95. The first kappa shape index (κ1) is 18.6. The van der Waals surface area contributed by atoms with Crippen LogP contribution in [0.3, 0.4) is 0 Å². The topological polar surface area (TPSA) is 67.4 Å². The van der Waals surface area contributed by atoms with E-state index in [1.807, 2.05) is 36.4 Å². The van der Waals surface area contributed by atoms with Crippen LogP contribution in [0.4, 0.5) is 5.82 Å². The van der Waals surface area contributed by atoms with Gasteiger partial charge in [-0.15, -0.1) is 17.9 Å². The Hall–Kier alpha value is -2.77. The van der Waals surface area contributed by atoms with Crippen molar-refractivity contribution in [1.29, 1.82) is 0 Å². The fourth-order valence-electron chi connectivity index (χ4n) is 3.61. The molecule has 0 bridgehead atoms. The average molecular weight is 395 g/mol. The van der Waals surface area contributed by atoms with Gasteiger partial charge in [0.15, 0.2) is 6.04 Å². The Morgan fingerprint density at radius 3 is 2.96 bits per heavy atom. The van der Waals surface area contributed by atoms with Crippen molar-refractivity contribution in [1.82, 2.24) is 14.9 Å². The number of ether oxygens (including phenoxy) is 1. The molecule has 0 amide bonds. The van der Waals surface area contributed by atoms with E-state index in [-0.39, 0.29) is 5.97 Å². The third-order valence-corrected chi connectivity index (χ3v) is 6.08. The predicted octanol–water partition coefficient (Wildman–Crippen LogP) is 3.56. The second-order valence-corrected chi connectivity index (χ2v) is 7.77. The molecule has 0 fully saturated rings. The number of esters is 1. The van der Waals surface area contributed by atoms with E-state index < -0.39 is 6.04 Å². The van der Waals surface area contributed by atoms with Gasteiger partial charge in [-0.1, -0.05) is 36.4 Å². The largest absolute Gasteiger partial charge is 0.467 e. The number of hydrogen-bond donors (Lipinski definition) is 1. The second-order valence-electron chi connectivity index (χ2n) is 6.69. The Bertz CT molecular complexity index is 1000. The normalized spacial score (nSPS) is 15.0. The number of nitrogens with one attached hydrogen (secondary N) is 1. The van der Waals surface area contributed by atoms with Crippen molar-refractivity contribution < 1.29 is 9.53 Å². The molecule has 3 aromatic rings. The zero-order valence-corrected chi connectivity index (χ0v) is 16.5. The summed E-state index contributed by atoms with van der Waals surface area (Å²) in [6, 6.07) is 8.92. The Balaban J connectivity index is 1.72. The van der Waals surface area contributed by atoms with Gasteiger partial charge >= 0.3 is 5.97 Å². The number of thiophene rings is 1. The lowest BCUT2D eigenvalue weighted by atomic mass is 10.0. The zero-order chi connectivity index (χ0) is 19.5. The number of aromatic nitrogens is 2. The van der Waals surface area contributed by atoms with E-state index in [2.05, 4.69) is 26.8 Å². The van der Waals surface area contributed by atoms with E-state index in [9.17, 15) is 4.79 Å². The summed E-state index contributed by atoms with van der Waals surface area (Å²) < 4.78 is 5.03. The molecule has 4 rings (SSSR count). The molecule has 1 aliphatic heterocycles. The molecule has 0 aliphatic carbocycles. The minimum absolute atomic E-state index is 0.348. The lowest BCUT2D eigenvalue weighted by Gasteiger charge is -2.25. The Labute approximate surface area is 167 Å². The number of methoxy groups -OCH3 is 1. The Morgan fingerprint density at radius 2 is 2.21 bits per heavy atom. The second kappa shape index (κ2) is 8.08. The molecule has 0 saturated heterocycles. The molecular weight excluding hydrogens is 372 g/mol. The molecule has 3 heterocycles. The number of anilines is 1. The van der Waals surface area contributed by atoms with Gasteiger partial charge in [-0.25, -0.2) is 14.8 Å². The fourth-order valence-corrected chi connectivity index (χ4v) is 4.84. The van der Waals surface area contributed by atoms with Gasteiger partial charge in [-0.05, 0) is 17.5 Å². The maximum absolute atomic E-state index is 12.5. The molecule has 0 radical (unpaired) electrons. The Morgan fingerprint density at radius 1 is 1.39 bits per heavy atom. The minimum atomic E-state index is -0.624. The molecule has 1 aliphatic rings. The maximum Gasteiger partial charge on any atom is 0.333 e. The number of hydrogen-bond acceptors (Lipinski definition) is 7. The van der Waals surface area contributed by atoms with Crippen LogP contribution in [0, 0.1) is 0 Å². The monoisotopic (exact) mass is 394 g/mol. The van der Waals surface area contributed by atoms with E-state index in [1.165, 1.54) is 17.6 Å². The van der Waals surface area contributed by atoms with Crippen molar-refractivity contribution in [3.8, 4) is 0 Å². The highest BCUT2D eigenvalue weighted by molar-refractivity contribution is 7.19. The summed E-state index contributed by atoms with van der Waals surface area (Å²) in [6.07, 6.45) is 4.42. The number of rotatable bonds is 6. The smallest absolute Gasteiger partial charge is 0.333 e. The molecule has 0 spiro atoms. The molecule has 0 saturated carbocycles. The number of fused-ring (bicyclic) bond motifs is 3. The van der Waals surface area contributed by atoms with Gasteiger partial charge in [0.05, 0.1) is 12.5 Å². The van der Waals surface area contributed by atoms with E-state index in [0.717, 1.165) is 41.8 Å². The molecule has 7 heteroatoms. The van der Waals surface area contributed by atoms with E-state index in [0.29, 0.717) is 5.82 Å². The highest BCUT2D eigenvalue weighted by atomic mass is 32.1. The molecule has 1 aromatic carbocycles. The molecule has 1 unspecified atom stereocenters. The van der Waals surface area contributed by atoms with Crippen molar-refractivity contribution in [2.24, 2.45) is 0 Å². The minimum Gasteiger partial charge on any atom is -0.467 e. The van der Waals surface area contributed by atoms with Crippen LogP contribution in [0.1, 0.15) is 22.0 Å². The van der Waals surface area contributed by atoms with Gasteiger partial charge in [-0.2, -0.15) is 0 Å². The molecule has 6 nitrogen and oxygen atoms in total. The van der Waals surface area contributed by atoms with Crippen LogP contribution in [0.25, 0.3) is 10.2 Å². The van der Waals surface area contributed by atoms with Gasteiger partial charge in [0, 0.05) is 24.5 Å². The number of carbonyl (C=O) groups excluding carboxylic acids is 1. The lowest BCUT2D eigenvalue weighted by Crippen LogP contribution is -2.29. The summed E-state index contributed by atoms with van der Waals surface area (Å²) in [4.78, 5) is 26.0. The highest BCUT2D eigenvalue weighted by Crippen LogP contribution is 2.38. The van der Waals surface area contributed by atoms with Crippen LogP contribution in [0.15, 0.2) is 49.3 Å². The van der Waals surface area contributed by atoms with Crippen molar-refractivity contribution in [2.75, 3.05) is 25.5 Å². The number of nitrogens with zero attached hydrogens (tertiary/aromatic N) is 3. The molecule has 2 aromatic heterocycles. The summed E-state index contributed by atoms with van der Waals surface area (Å²) in [7, 11) is 1.40. The average Bonchev–Trinajstić information content (AvgIpc) is 3.11. The quantitative estimate of drug-likeness (QED) is 0.509. The van der Waals surface area contributed by atoms with Crippen LogP contribution in [0.5, 0.6) is 0 Å². The Kier molecular flexibility index (Phi) is 5.36. The van der Waals surface area contributed by atoms with Gasteiger partial charge in [-0.3, -0.25) is 4.90 Å². The zero-order valence-electron chi connectivity index (χ0n) is 15.7. The molecular formula is C21H22N4O2S. The van der Waals surface area contributed by atoms with Gasteiger partial charge in [0.2, 0.25) is 0 Å². The van der Waals surface area contributed by atoms with Gasteiger partial charge in [0.25, 0.3) is 0 Å². The van der Waals surface area contributed by atoms with Crippen molar-refractivity contribution >= 4 is 33.3 Å². The number of carbonyl (C=O) groups is 1. The highest BCUT2D eigenvalue weighted by Gasteiger charge is 2.26. The molecule has 144 valence electrons. The van der Waals surface area contributed by atoms with Crippen LogP contribution < -0.4 is 5.32 Å². The van der Waals surface area contributed by atoms with Gasteiger partial charge in [0.1, 0.15) is 17.0 Å². The first-order valence-corrected chi connectivity index (χ1v) is 10.0. The molecule has 1 N–H and O–H groups in total. The summed E-state index contributed by atoms with van der Waals surface area (Å²) >= 11 is 1.70. The van der Waals surface area contributed by atoms with Crippen LogP contribution >= 0.6 is 11.3 Å². The van der Waals surface area contributed by atoms with E-state index >= 15 is 0 Å².